The number of carbonyl (C=O) groups is 2. The Morgan fingerprint density at radius 2 is 2.20 bits per heavy atom. The van der Waals surface area contributed by atoms with E-state index < -0.39 is 12.1 Å². The van der Waals surface area contributed by atoms with E-state index in [1.165, 1.54) is 0 Å². The van der Waals surface area contributed by atoms with Crippen molar-refractivity contribution in [1.82, 2.24) is 5.16 Å². The lowest BCUT2D eigenvalue weighted by atomic mass is 10.1. The normalized spacial score (nSPS) is 17.1. The molecule has 0 spiro atoms. The van der Waals surface area contributed by atoms with Crippen molar-refractivity contribution in [3.05, 3.63) is 30.0 Å². The molecular weight excluding hydrogens is 324 g/mol. The van der Waals surface area contributed by atoms with Gasteiger partial charge in [-0.05, 0) is 38.5 Å². The molecule has 132 valence electrons. The fourth-order valence-corrected chi connectivity index (χ4v) is 2.49. The van der Waals surface area contributed by atoms with Gasteiger partial charge in [0, 0.05) is 11.8 Å². The fourth-order valence-electron chi connectivity index (χ4n) is 2.49. The second-order valence-corrected chi connectivity index (χ2v) is 5.88. The minimum absolute atomic E-state index is 0.198. The van der Waals surface area contributed by atoms with E-state index in [1.54, 1.807) is 38.1 Å². The standard InChI is InChI=1S/C17H20N4O4/c1-4-12(17(23)20-15-7-9(2)25-21-15)18-11-5-6-14-13(8-11)19-16(22)10(3)24-14/h5-8,10,12,18H,4H2,1-3H3,(H,19,22)(H,20,21,23)/t10-,12+/m0/s1. The van der Waals surface area contributed by atoms with Gasteiger partial charge in [0.15, 0.2) is 11.9 Å². The second-order valence-electron chi connectivity index (χ2n) is 5.88. The van der Waals surface area contributed by atoms with Crippen LogP contribution >= 0.6 is 0 Å². The van der Waals surface area contributed by atoms with E-state index in [4.69, 9.17) is 9.26 Å². The van der Waals surface area contributed by atoms with Crippen molar-refractivity contribution in [1.29, 1.82) is 0 Å². The number of anilines is 3. The van der Waals surface area contributed by atoms with Crippen LogP contribution in [-0.4, -0.2) is 29.1 Å². The summed E-state index contributed by atoms with van der Waals surface area (Å²) >= 11 is 0. The van der Waals surface area contributed by atoms with Gasteiger partial charge in [0.1, 0.15) is 17.6 Å². The molecule has 2 aromatic rings. The number of aryl methyl sites for hydroxylation is 1. The van der Waals surface area contributed by atoms with Gasteiger partial charge < -0.3 is 25.2 Å². The number of hydrogen-bond donors (Lipinski definition) is 3. The Bertz CT molecular complexity index is 802. The summed E-state index contributed by atoms with van der Waals surface area (Å²) in [5.41, 5.74) is 1.28. The number of fused-ring (bicyclic) bond motifs is 1. The van der Waals surface area contributed by atoms with Crippen molar-refractivity contribution < 1.29 is 18.8 Å². The molecule has 8 heteroatoms. The number of amides is 2. The van der Waals surface area contributed by atoms with E-state index in [0.717, 1.165) is 0 Å². The Kier molecular flexibility index (Phi) is 4.60. The maximum atomic E-state index is 12.4. The zero-order valence-corrected chi connectivity index (χ0v) is 14.3. The van der Waals surface area contributed by atoms with E-state index in [0.29, 0.717) is 35.1 Å². The fraction of sp³-hybridized carbons (Fsp3) is 0.353. The Morgan fingerprint density at radius 1 is 1.40 bits per heavy atom. The summed E-state index contributed by atoms with van der Waals surface area (Å²) in [6.07, 6.45) is 0.0472. The average Bonchev–Trinajstić information content (AvgIpc) is 2.98. The summed E-state index contributed by atoms with van der Waals surface area (Å²) in [6, 6.07) is 6.50. The lowest BCUT2D eigenvalue weighted by Crippen LogP contribution is -2.35. The van der Waals surface area contributed by atoms with Gasteiger partial charge in [-0.3, -0.25) is 9.59 Å². The molecule has 3 rings (SSSR count). The first-order chi connectivity index (χ1) is 12.0. The number of hydrogen-bond acceptors (Lipinski definition) is 6. The number of benzene rings is 1. The van der Waals surface area contributed by atoms with Crippen LogP contribution in [0.5, 0.6) is 5.75 Å². The van der Waals surface area contributed by atoms with Crippen molar-refractivity contribution >= 4 is 29.0 Å². The molecule has 1 aliphatic rings. The lowest BCUT2D eigenvalue weighted by molar-refractivity contribution is -0.122. The van der Waals surface area contributed by atoms with Crippen LogP contribution in [0.1, 0.15) is 26.0 Å². The maximum Gasteiger partial charge on any atom is 0.265 e. The smallest absolute Gasteiger partial charge is 0.265 e. The predicted molar refractivity (Wildman–Crippen MR) is 92.7 cm³/mol. The van der Waals surface area contributed by atoms with E-state index >= 15 is 0 Å². The van der Waals surface area contributed by atoms with E-state index in [9.17, 15) is 9.59 Å². The Morgan fingerprint density at radius 3 is 2.88 bits per heavy atom. The number of carbonyl (C=O) groups excluding carboxylic acids is 2. The summed E-state index contributed by atoms with van der Waals surface area (Å²) in [6.45, 7) is 5.34. The molecule has 3 N–H and O–H groups in total. The Balaban J connectivity index is 1.70. The Labute approximate surface area is 144 Å². The van der Waals surface area contributed by atoms with Crippen molar-refractivity contribution in [2.24, 2.45) is 0 Å². The van der Waals surface area contributed by atoms with Crippen molar-refractivity contribution in [2.45, 2.75) is 39.3 Å². The molecule has 1 aliphatic heterocycles. The number of nitrogens with zero attached hydrogens (tertiary/aromatic N) is 1. The molecule has 8 nitrogen and oxygen atoms in total. The molecule has 0 unspecified atom stereocenters. The zero-order valence-electron chi connectivity index (χ0n) is 14.3. The van der Waals surface area contributed by atoms with E-state index in [-0.39, 0.29) is 11.8 Å². The van der Waals surface area contributed by atoms with Gasteiger partial charge in [-0.15, -0.1) is 0 Å². The summed E-state index contributed by atoms with van der Waals surface area (Å²) in [4.78, 5) is 24.1. The molecule has 0 aliphatic carbocycles. The topological polar surface area (TPSA) is 105 Å². The first-order valence-corrected chi connectivity index (χ1v) is 8.08. The van der Waals surface area contributed by atoms with Crippen molar-refractivity contribution in [3.8, 4) is 5.75 Å². The monoisotopic (exact) mass is 344 g/mol. The molecule has 2 heterocycles. The van der Waals surface area contributed by atoms with Gasteiger partial charge in [0.25, 0.3) is 5.91 Å². The molecule has 0 fully saturated rings. The third-order valence-electron chi connectivity index (χ3n) is 3.86. The molecule has 0 bridgehead atoms. The van der Waals surface area contributed by atoms with Gasteiger partial charge >= 0.3 is 0 Å². The molecule has 25 heavy (non-hydrogen) atoms. The highest BCUT2D eigenvalue weighted by molar-refractivity contribution is 5.98. The molecular formula is C17H20N4O4. The summed E-state index contributed by atoms with van der Waals surface area (Å²) in [7, 11) is 0. The average molecular weight is 344 g/mol. The number of rotatable bonds is 5. The van der Waals surface area contributed by atoms with Gasteiger partial charge in [0.05, 0.1) is 5.69 Å². The van der Waals surface area contributed by atoms with Crippen molar-refractivity contribution in [2.75, 3.05) is 16.0 Å². The van der Waals surface area contributed by atoms with Crippen molar-refractivity contribution in [3.63, 3.8) is 0 Å². The summed E-state index contributed by atoms with van der Waals surface area (Å²) in [5.74, 6) is 1.19. The van der Waals surface area contributed by atoms with Crippen LogP contribution in [0.2, 0.25) is 0 Å². The molecule has 2 amide bonds. The first-order valence-electron chi connectivity index (χ1n) is 8.08. The largest absolute Gasteiger partial charge is 0.479 e. The highest BCUT2D eigenvalue weighted by atomic mass is 16.5. The van der Waals surface area contributed by atoms with Crippen LogP contribution in [0.15, 0.2) is 28.8 Å². The van der Waals surface area contributed by atoms with Gasteiger partial charge in [-0.1, -0.05) is 12.1 Å². The molecule has 0 saturated heterocycles. The Hall–Kier alpha value is -3.03. The van der Waals surface area contributed by atoms with Crippen LogP contribution in [0.4, 0.5) is 17.2 Å². The first kappa shape index (κ1) is 16.8. The predicted octanol–water partition coefficient (Wildman–Crippen LogP) is 2.53. The van der Waals surface area contributed by atoms with E-state index in [2.05, 4.69) is 21.1 Å². The summed E-state index contributed by atoms with van der Waals surface area (Å²) in [5, 5.41) is 12.4. The van der Waals surface area contributed by atoms with Crippen LogP contribution in [-0.2, 0) is 9.59 Å². The van der Waals surface area contributed by atoms with Gasteiger partial charge in [0.2, 0.25) is 5.91 Å². The quantitative estimate of drug-likeness (QED) is 0.770. The molecule has 0 radical (unpaired) electrons. The molecule has 1 aromatic heterocycles. The number of aromatic nitrogens is 1. The third kappa shape index (κ3) is 3.73. The molecule has 0 saturated carbocycles. The third-order valence-corrected chi connectivity index (χ3v) is 3.86. The van der Waals surface area contributed by atoms with Crippen LogP contribution in [0.3, 0.4) is 0 Å². The minimum atomic E-state index is -0.522. The highest BCUT2D eigenvalue weighted by Gasteiger charge is 2.24. The SMILES string of the molecule is CC[C@@H](Nc1ccc2c(c1)NC(=O)[C@H](C)O2)C(=O)Nc1cc(C)on1. The van der Waals surface area contributed by atoms with Gasteiger partial charge in [-0.25, -0.2) is 0 Å². The molecule has 2 atom stereocenters. The second kappa shape index (κ2) is 6.84. The van der Waals surface area contributed by atoms with Crippen LogP contribution in [0, 0.1) is 6.92 Å². The zero-order chi connectivity index (χ0) is 18.0. The number of ether oxygens (including phenoxy) is 1. The lowest BCUT2D eigenvalue weighted by Gasteiger charge is -2.24. The van der Waals surface area contributed by atoms with Gasteiger partial charge in [-0.2, -0.15) is 0 Å². The summed E-state index contributed by atoms with van der Waals surface area (Å²) < 4.78 is 10.5. The van der Waals surface area contributed by atoms with Crippen LogP contribution in [0.25, 0.3) is 0 Å². The molecule has 1 aromatic carbocycles. The minimum Gasteiger partial charge on any atom is -0.479 e. The highest BCUT2D eigenvalue weighted by Crippen LogP contribution is 2.32. The maximum absolute atomic E-state index is 12.4. The number of nitrogens with one attached hydrogen (secondary N) is 3. The van der Waals surface area contributed by atoms with Crippen LogP contribution < -0.4 is 20.7 Å². The van der Waals surface area contributed by atoms with E-state index in [1.807, 2.05) is 6.92 Å².